The third-order valence-corrected chi connectivity index (χ3v) is 18.1. The van der Waals surface area contributed by atoms with Crippen LogP contribution in [0.25, 0.3) is 12.2 Å². The van der Waals surface area contributed by atoms with E-state index in [1.807, 2.05) is 0 Å². The number of fused-ring (bicyclic) bond motifs is 2. The predicted octanol–water partition coefficient (Wildman–Crippen LogP) is 0.383. The number of rotatable bonds is 2. The second-order valence-electron chi connectivity index (χ2n) is 11.5. The first-order valence-corrected chi connectivity index (χ1v) is 17.2. The molecule has 1 saturated heterocycles. The van der Waals surface area contributed by atoms with Gasteiger partial charge < -0.3 is 24.8 Å². The van der Waals surface area contributed by atoms with Crippen LogP contribution in [0.4, 0.5) is 0 Å². The summed E-state index contributed by atoms with van der Waals surface area (Å²) in [6.45, 7) is 14.2. The molecule has 2 aliphatic carbocycles. The van der Waals surface area contributed by atoms with Crippen LogP contribution in [0, 0.1) is 0 Å². The average Bonchev–Trinajstić information content (AvgIpc) is 3.07. The van der Waals surface area contributed by atoms with E-state index in [2.05, 4.69) is 90.1 Å². The van der Waals surface area contributed by atoms with Crippen LogP contribution in [0.15, 0.2) is 36.4 Å². The van der Waals surface area contributed by atoms with Gasteiger partial charge in [0.1, 0.15) is 0 Å². The first-order chi connectivity index (χ1) is 13.6. The minimum atomic E-state index is -2.58. The van der Waals surface area contributed by atoms with E-state index in [-0.39, 0.29) is 35.6 Å². The SMILES string of the molecule is CC(C)(C)c1cc2c([c]([Zr+2]3([c]4cc(C(C)(C)C)cc5c4C=CC5)[CH2][CH2]3)c1)C=CC2.[Cl-].[Cl-]. The van der Waals surface area contributed by atoms with Crippen LogP contribution >= 0.6 is 0 Å². The summed E-state index contributed by atoms with van der Waals surface area (Å²) in [5.74, 6) is 0. The second-order valence-corrected chi connectivity index (χ2v) is 21.9. The Morgan fingerprint density at radius 3 is 1.32 bits per heavy atom. The van der Waals surface area contributed by atoms with Crippen molar-refractivity contribution in [3.63, 3.8) is 0 Å². The van der Waals surface area contributed by atoms with Crippen LogP contribution in [0.3, 0.4) is 0 Å². The molecule has 3 heteroatoms. The van der Waals surface area contributed by atoms with Crippen molar-refractivity contribution in [2.75, 3.05) is 0 Å². The van der Waals surface area contributed by atoms with Crippen molar-refractivity contribution in [1.82, 2.24) is 0 Å². The van der Waals surface area contributed by atoms with E-state index in [0.29, 0.717) is 0 Å². The third-order valence-electron chi connectivity index (χ3n) is 7.29. The van der Waals surface area contributed by atoms with Crippen LogP contribution in [0.5, 0.6) is 0 Å². The maximum Gasteiger partial charge on any atom is -1.00 e. The van der Waals surface area contributed by atoms with Crippen molar-refractivity contribution in [2.24, 2.45) is 0 Å². The zero-order valence-corrected chi connectivity index (χ0v) is 23.7. The molecule has 0 atom stereocenters. The standard InChI is InChI=1S/2C13H15.C2H4.2ClH.Zr/c2*1-13(2,3)12-8-7-10-5-4-6-11(10)9-12;1-2;;;/h2*4-5,8-9H,6H2,1-3H3;1-2H2;2*1H;/q;;;;;+2/p-2. The number of hydrogen-bond acceptors (Lipinski definition) is 0. The summed E-state index contributed by atoms with van der Waals surface area (Å²) in [7, 11) is 0. The smallest absolute Gasteiger partial charge is 1.00 e. The Morgan fingerprint density at radius 1 is 0.613 bits per heavy atom. The summed E-state index contributed by atoms with van der Waals surface area (Å²) in [5, 5.41) is 0. The van der Waals surface area contributed by atoms with Crippen molar-refractivity contribution >= 4 is 18.7 Å². The molecule has 5 rings (SSSR count). The van der Waals surface area contributed by atoms with E-state index in [4.69, 9.17) is 0 Å². The van der Waals surface area contributed by atoms with Gasteiger partial charge in [-0.25, -0.2) is 0 Å². The Kier molecular flexibility index (Phi) is 6.70. The van der Waals surface area contributed by atoms with Gasteiger partial charge in [-0.1, -0.05) is 0 Å². The molecule has 3 aliphatic rings. The topological polar surface area (TPSA) is 0 Å². The Labute approximate surface area is 205 Å². The molecule has 0 amide bonds. The van der Waals surface area contributed by atoms with Gasteiger partial charge in [0.25, 0.3) is 0 Å². The molecule has 1 heterocycles. The number of benzene rings is 2. The van der Waals surface area contributed by atoms with Gasteiger partial charge in [0, 0.05) is 0 Å². The quantitative estimate of drug-likeness (QED) is 0.525. The molecule has 164 valence electrons. The van der Waals surface area contributed by atoms with Crippen molar-refractivity contribution in [2.45, 2.75) is 73.5 Å². The molecule has 0 saturated carbocycles. The average molecular weight is 533 g/mol. The molecule has 1 aliphatic heterocycles. The largest absolute Gasteiger partial charge is 1.00 e. The molecular formula is C28H34Cl2Zr. The third kappa shape index (κ3) is 4.21. The van der Waals surface area contributed by atoms with Crippen LogP contribution in [0.1, 0.15) is 74.9 Å². The molecule has 0 unspecified atom stereocenters. The minimum absolute atomic E-state index is 0. The van der Waals surface area contributed by atoms with E-state index in [0.717, 1.165) is 12.8 Å². The van der Waals surface area contributed by atoms with Gasteiger partial charge in [0.05, 0.1) is 0 Å². The van der Waals surface area contributed by atoms with Crippen LogP contribution in [-0.4, -0.2) is 0 Å². The predicted molar refractivity (Wildman–Crippen MR) is 125 cm³/mol. The van der Waals surface area contributed by atoms with Gasteiger partial charge in [-0.3, -0.25) is 0 Å². The van der Waals surface area contributed by atoms with E-state index < -0.39 is 20.3 Å². The van der Waals surface area contributed by atoms with Crippen LogP contribution in [0.2, 0.25) is 8.26 Å². The Bertz CT molecular complexity index is 990. The van der Waals surface area contributed by atoms with Crippen LogP contribution in [-0.2, 0) is 43.9 Å². The fraction of sp³-hybridized carbons (Fsp3) is 0.429. The van der Waals surface area contributed by atoms with Gasteiger partial charge >= 0.3 is 182 Å². The fourth-order valence-electron chi connectivity index (χ4n) is 5.23. The van der Waals surface area contributed by atoms with E-state index in [9.17, 15) is 0 Å². The zero-order chi connectivity index (χ0) is 20.6. The molecular weight excluding hydrogens is 498 g/mol. The van der Waals surface area contributed by atoms with Crippen LogP contribution < -0.4 is 31.4 Å². The van der Waals surface area contributed by atoms with E-state index >= 15 is 0 Å². The molecule has 0 nitrogen and oxygen atoms in total. The van der Waals surface area contributed by atoms with Crippen molar-refractivity contribution in [1.29, 1.82) is 0 Å². The first kappa shape index (κ1) is 25.0. The molecule has 0 bridgehead atoms. The minimum Gasteiger partial charge on any atom is -1.00 e. The molecule has 0 aromatic heterocycles. The Hall–Kier alpha value is -0.617. The van der Waals surface area contributed by atoms with Gasteiger partial charge in [-0.2, -0.15) is 0 Å². The maximum atomic E-state index is 2.65. The van der Waals surface area contributed by atoms with Gasteiger partial charge in [-0.05, 0) is 0 Å². The summed E-state index contributed by atoms with van der Waals surface area (Å²) in [5.41, 5.74) is 9.86. The molecule has 1 fully saturated rings. The van der Waals surface area contributed by atoms with Crippen molar-refractivity contribution in [3.05, 3.63) is 69.8 Å². The first-order valence-electron chi connectivity index (χ1n) is 11.3. The summed E-state index contributed by atoms with van der Waals surface area (Å²) in [6, 6.07) is 10.3. The molecule has 0 N–H and O–H groups in total. The maximum absolute atomic E-state index is 2.65. The summed E-state index contributed by atoms with van der Waals surface area (Å²) < 4.78 is 6.56. The molecule has 31 heavy (non-hydrogen) atoms. The Morgan fingerprint density at radius 2 is 1.00 bits per heavy atom. The fourth-order valence-corrected chi connectivity index (χ4v) is 18.7. The van der Waals surface area contributed by atoms with E-state index in [1.165, 1.54) is 19.4 Å². The number of hydrogen-bond donors (Lipinski definition) is 0. The van der Waals surface area contributed by atoms with Gasteiger partial charge in [0.2, 0.25) is 0 Å². The molecule has 0 radical (unpaired) electrons. The summed E-state index contributed by atoms with van der Waals surface area (Å²) in [6.07, 6.45) is 11.9. The van der Waals surface area contributed by atoms with Gasteiger partial charge in [-0.15, -0.1) is 0 Å². The van der Waals surface area contributed by atoms with E-state index in [1.54, 1.807) is 28.8 Å². The Balaban J connectivity index is 0.00000136. The summed E-state index contributed by atoms with van der Waals surface area (Å²) >= 11 is -2.58. The zero-order valence-electron chi connectivity index (χ0n) is 19.7. The molecule has 0 spiro atoms. The number of allylic oxidation sites excluding steroid dienone is 2. The van der Waals surface area contributed by atoms with Gasteiger partial charge in [0.15, 0.2) is 0 Å². The number of halogens is 2. The molecule has 2 aromatic carbocycles. The molecule has 2 aromatic rings. The normalized spacial score (nSPS) is 16.6. The monoisotopic (exact) mass is 530 g/mol. The summed E-state index contributed by atoms with van der Waals surface area (Å²) in [4.78, 5) is 0. The second kappa shape index (κ2) is 8.31. The van der Waals surface area contributed by atoms with Crippen molar-refractivity contribution in [3.8, 4) is 0 Å². The van der Waals surface area contributed by atoms with Crippen molar-refractivity contribution < 1.29 is 45.1 Å².